The van der Waals surface area contributed by atoms with Crippen LogP contribution in [-0.4, -0.2) is 60.9 Å². The average molecular weight is 586 g/mol. The normalized spacial score (nSPS) is 26.0. The number of ether oxygens (including phenoxy) is 1. The fourth-order valence-electron chi connectivity index (χ4n) is 6.66. The van der Waals surface area contributed by atoms with Crippen LogP contribution in [0.25, 0.3) is 33.8 Å². The molecule has 1 saturated heterocycles. The fraction of sp³-hybridized carbons (Fsp3) is 0.536. The number of anilines is 1. The molecule has 0 aromatic carbocycles. The lowest BCUT2D eigenvalue weighted by atomic mass is 9.83. The van der Waals surface area contributed by atoms with E-state index in [0.717, 1.165) is 31.2 Å². The van der Waals surface area contributed by atoms with Gasteiger partial charge in [0.1, 0.15) is 5.69 Å². The van der Waals surface area contributed by atoms with Crippen LogP contribution in [-0.2, 0) is 11.3 Å². The quantitative estimate of drug-likeness (QED) is 0.335. The lowest BCUT2D eigenvalue weighted by Crippen LogP contribution is -2.49. The molecule has 216 valence electrons. The number of rotatable bonds is 5. The molecular weight excluding hydrogens is 556 g/mol. The van der Waals surface area contributed by atoms with Gasteiger partial charge in [-0.2, -0.15) is 0 Å². The van der Waals surface area contributed by atoms with Crippen molar-refractivity contribution in [2.45, 2.75) is 70.1 Å². The van der Waals surface area contributed by atoms with Gasteiger partial charge in [-0.25, -0.2) is 23.5 Å². The maximum atomic E-state index is 14.6. The molecule has 41 heavy (non-hydrogen) atoms. The van der Waals surface area contributed by atoms with Crippen molar-refractivity contribution in [3.63, 3.8) is 0 Å². The van der Waals surface area contributed by atoms with Crippen LogP contribution in [0, 0.1) is 11.8 Å². The van der Waals surface area contributed by atoms with Crippen LogP contribution in [0.15, 0.2) is 33.8 Å². The molecule has 0 bridgehead atoms. The van der Waals surface area contributed by atoms with Crippen molar-refractivity contribution >= 4 is 28.6 Å². The summed E-state index contributed by atoms with van der Waals surface area (Å²) in [5.41, 5.74) is 2.92. The molecule has 1 aliphatic heterocycles. The topological polar surface area (TPSA) is 115 Å². The number of aromatic nitrogens is 6. The molecule has 3 aliphatic rings. The van der Waals surface area contributed by atoms with Crippen LogP contribution in [0.1, 0.15) is 45.4 Å². The van der Waals surface area contributed by atoms with Crippen LogP contribution in [0.2, 0.25) is 5.02 Å². The highest BCUT2D eigenvalue weighted by atomic mass is 35.5. The Bertz CT molecular complexity index is 1650. The summed E-state index contributed by atoms with van der Waals surface area (Å²) in [4.78, 5) is 30.6. The number of morpholine rings is 1. The molecule has 0 unspecified atom stereocenters. The number of fused-ring (bicyclic) bond motifs is 2. The molecule has 0 amide bonds. The maximum Gasteiger partial charge on any atom is 0.439 e. The Kier molecular flexibility index (Phi) is 6.57. The zero-order valence-electron chi connectivity index (χ0n) is 22.5. The molecule has 0 radical (unpaired) electrons. The summed E-state index contributed by atoms with van der Waals surface area (Å²) in [6.45, 7) is 3.75. The number of nitrogens with one attached hydrogen (secondary N) is 1. The first-order valence-corrected chi connectivity index (χ1v) is 14.5. The number of imidazole rings is 1. The van der Waals surface area contributed by atoms with E-state index in [0.29, 0.717) is 65.0 Å². The Morgan fingerprint density at radius 3 is 2.73 bits per heavy atom. The van der Waals surface area contributed by atoms with Gasteiger partial charge in [0.05, 0.1) is 40.5 Å². The third kappa shape index (κ3) is 5.01. The first-order chi connectivity index (χ1) is 19.7. The standard InChI is InChI=1S/C28H30ClF2N7O3/c1-15-2-4-16(5-3-15)14-38-24-19(34-26(38)37-6-7-40-22-11-28(30,31)10-21(22)37)9-20(25-35-27(39)41-36-25)33-23(24)17-8-18(29)13-32-12-17/h8-9,12-13,15-16,21-22H,2-7,10-11,14H2,1H3,(H,35,36,39)/t15-,16-,21-,22-/m0/s1. The molecule has 10 nitrogen and oxygen atoms in total. The number of nitrogens with zero attached hydrogens (tertiary/aromatic N) is 6. The zero-order chi connectivity index (χ0) is 28.3. The predicted octanol–water partition coefficient (Wildman–Crippen LogP) is 5.32. The van der Waals surface area contributed by atoms with Crippen LogP contribution < -0.4 is 10.7 Å². The number of halogens is 3. The van der Waals surface area contributed by atoms with Gasteiger partial charge in [0.2, 0.25) is 11.8 Å². The summed E-state index contributed by atoms with van der Waals surface area (Å²) >= 11 is 6.35. The molecule has 2 saturated carbocycles. The predicted molar refractivity (Wildman–Crippen MR) is 148 cm³/mol. The van der Waals surface area contributed by atoms with Gasteiger partial charge in [0.25, 0.3) is 5.92 Å². The second-order valence-electron chi connectivity index (χ2n) is 11.6. The number of alkyl halides is 2. The molecule has 13 heteroatoms. The smallest absolute Gasteiger partial charge is 0.374 e. The first-order valence-electron chi connectivity index (χ1n) is 14.1. The molecule has 2 aliphatic carbocycles. The van der Waals surface area contributed by atoms with Gasteiger partial charge >= 0.3 is 5.76 Å². The molecule has 5 heterocycles. The molecule has 4 aromatic rings. The number of hydrogen-bond donors (Lipinski definition) is 1. The summed E-state index contributed by atoms with van der Waals surface area (Å²) < 4.78 is 41.9. The second-order valence-corrected chi connectivity index (χ2v) is 12.1. The number of aromatic amines is 1. The van der Waals surface area contributed by atoms with Gasteiger partial charge in [0.15, 0.2) is 0 Å². The Morgan fingerprint density at radius 1 is 1.15 bits per heavy atom. The minimum absolute atomic E-state index is 0.160. The van der Waals surface area contributed by atoms with Gasteiger partial charge in [-0.1, -0.05) is 36.5 Å². The lowest BCUT2D eigenvalue weighted by molar-refractivity contribution is -0.0208. The van der Waals surface area contributed by atoms with Crippen molar-refractivity contribution in [2.75, 3.05) is 18.1 Å². The zero-order valence-corrected chi connectivity index (χ0v) is 23.3. The van der Waals surface area contributed by atoms with E-state index in [1.54, 1.807) is 24.5 Å². The third-order valence-corrected chi connectivity index (χ3v) is 8.91. The Morgan fingerprint density at radius 2 is 1.98 bits per heavy atom. The SMILES string of the molecule is C[C@H]1CC[C@H](Cn2c(N3CCO[C@H]4CC(F)(F)C[C@@H]43)nc3cc(-c4noc(=O)[nH]4)nc(-c4cncc(Cl)c4)c32)CC1. The van der Waals surface area contributed by atoms with Crippen molar-refractivity contribution in [1.82, 2.24) is 29.7 Å². The number of pyridine rings is 2. The fourth-order valence-corrected chi connectivity index (χ4v) is 6.83. The highest BCUT2D eigenvalue weighted by Crippen LogP contribution is 2.44. The van der Waals surface area contributed by atoms with E-state index in [4.69, 9.17) is 30.8 Å². The van der Waals surface area contributed by atoms with Crippen molar-refractivity contribution < 1.29 is 18.0 Å². The Hall–Kier alpha value is -3.38. The summed E-state index contributed by atoms with van der Waals surface area (Å²) in [6.07, 6.45) is 6.53. The van der Waals surface area contributed by atoms with E-state index in [2.05, 4.69) is 26.6 Å². The van der Waals surface area contributed by atoms with Crippen molar-refractivity contribution in [2.24, 2.45) is 11.8 Å². The van der Waals surface area contributed by atoms with E-state index < -0.39 is 23.8 Å². The van der Waals surface area contributed by atoms with Crippen molar-refractivity contribution in [3.8, 4) is 22.8 Å². The molecule has 0 spiro atoms. The first kappa shape index (κ1) is 26.5. The van der Waals surface area contributed by atoms with Crippen molar-refractivity contribution in [3.05, 3.63) is 40.1 Å². The molecule has 1 N–H and O–H groups in total. The van der Waals surface area contributed by atoms with Gasteiger partial charge in [-0.15, -0.1) is 0 Å². The van der Waals surface area contributed by atoms with Crippen molar-refractivity contribution in [1.29, 1.82) is 0 Å². The third-order valence-electron chi connectivity index (χ3n) is 8.70. The summed E-state index contributed by atoms with van der Waals surface area (Å²) in [5.74, 6) is -1.62. The summed E-state index contributed by atoms with van der Waals surface area (Å²) in [7, 11) is 0. The van der Waals surface area contributed by atoms with E-state index in [1.165, 1.54) is 0 Å². The number of H-pyrrole nitrogens is 1. The highest BCUT2D eigenvalue weighted by Gasteiger charge is 2.51. The van der Waals surface area contributed by atoms with Gasteiger partial charge in [0, 0.05) is 43.9 Å². The Labute approximate surface area is 239 Å². The largest absolute Gasteiger partial charge is 0.439 e. The van der Waals surface area contributed by atoms with Crippen LogP contribution >= 0.6 is 11.6 Å². The molecule has 3 fully saturated rings. The minimum atomic E-state index is -2.79. The molecule has 4 aromatic heterocycles. The van der Waals surface area contributed by atoms with Crippen LogP contribution in [0.3, 0.4) is 0 Å². The summed E-state index contributed by atoms with van der Waals surface area (Å²) in [6, 6.07) is 3.03. The van der Waals surface area contributed by atoms with E-state index in [9.17, 15) is 13.6 Å². The van der Waals surface area contributed by atoms with E-state index in [1.807, 2.05) is 4.90 Å². The molecule has 7 rings (SSSR count). The molecular formula is C28H30ClF2N7O3. The average Bonchev–Trinajstić information content (AvgIpc) is 3.63. The summed E-state index contributed by atoms with van der Waals surface area (Å²) in [5, 5.41) is 4.27. The Balaban J connectivity index is 1.44. The molecule has 2 atom stereocenters. The van der Waals surface area contributed by atoms with E-state index >= 15 is 0 Å². The minimum Gasteiger partial charge on any atom is -0.374 e. The van der Waals surface area contributed by atoms with Crippen LogP contribution in [0.4, 0.5) is 14.7 Å². The monoisotopic (exact) mass is 585 g/mol. The van der Waals surface area contributed by atoms with Crippen LogP contribution in [0.5, 0.6) is 0 Å². The maximum absolute atomic E-state index is 14.6. The second kappa shape index (κ2) is 10.2. The van der Waals surface area contributed by atoms with Gasteiger partial charge < -0.3 is 14.2 Å². The van der Waals surface area contributed by atoms with E-state index in [-0.39, 0.29) is 18.7 Å². The van der Waals surface area contributed by atoms with Gasteiger partial charge in [-0.3, -0.25) is 14.5 Å². The highest BCUT2D eigenvalue weighted by molar-refractivity contribution is 6.30. The van der Waals surface area contributed by atoms with Gasteiger partial charge in [-0.05, 0) is 36.8 Å². The number of hydrogen-bond acceptors (Lipinski definition) is 8. The lowest BCUT2D eigenvalue weighted by Gasteiger charge is -2.38.